The summed E-state index contributed by atoms with van der Waals surface area (Å²) in [6, 6.07) is 6.52. The van der Waals surface area contributed by atoms with E-state index in [2.05, 4.69) is 30.4 Å². The summed E-state index contributed by atoms with van der Waals surface area (Å²) in [7, 11) is 1.69. The Labute approximate surface area is 78.2 Å². The first-order valence-corrected chi connectivity index (χ1v) is 4.42. The molecule has 1 aromatic rings. The Hall–Kier alpha value is -1.44. The molecule has 0 saturated carbocycles. The minimum Gasteiger partial charge on any atom is -0.497 e. The van der Waals surface area contributed by atoms with Crippen LogP contribution in [0.1, 0.15) is 24.1 Å². The second-order valence-corrected chi connectivity index (χ2v) is 3.22. The zero-order valence-corrected chi connectivity index (χ0v) is 7.87. The third-order valence-electron chi connectivity index (χ3n) is 2.37. The molecular formula is C11H13NO. The third kappa shape index (κ3) is 1.39. The molecule has 1 aliphatic rings. The van der Waals surface area contributed by atoms with Gasteiger partial charge in [0, 0.05) is 6.04 Å². The molecule has 2 nitrogen and oxygen atoms in total. The molecule has 1 heterocycles. The highest BCUT2D eigenvalue weighted by atomic mass is 16.5. The standard InChI is InChI=1S/C11H13NO/c1-8-11-7-10(13-2)4-3-9(11)5-6-12-8/h3-8,12H,1-2H3. The van der Waals surface area contributed by atoms with E-state index < -0.39 is 0 Å². The van der Waals surface area contributed by atoms with E-state index in [1.807, 2.05) is 12.3 Å². The fraction of sp³-hybridized carbons (Fsp3) is 0.273. The first-order valence-electron chi connectivity index (χ1n) is 4.42. The molecule has 0 radical (unpaired) electrons. The molecule has 2 rings (SSSR count). The lowest BCUT2D eigenvalue weighted by molar-refractivity contribution is 0.413. The van der Waals surface area contributed by atoms with E-state index >= 15 is 0 Å². The molecule has 1 aliphatic heterocycles. The van der Waals surface area contributed by atoms with Gasteiger partial charge in [-0.15, -0.1) is 0 Å². The van der Waals surface area contributed by atoms with Crippen molar-refractivity contribution in [3.05, 3.63) is 35.5 Å². The van der Waals surface area contributed by atoms with Gasteiger partial charge in [0.2, 0.25) is 0 Å². The number of ether oxygens (including phenoxy) is 1. The molecule has 0 fully saturated rings. The van der Waals surface area contributed by atoms with Crippen molar-refractivity contribution >= 4 is 6.08 Å². The molecule has 0 aliphatic carbocycles. The highest BCUT2D eigenvalue weighted by molar-refractivity contribution is 5.58. The van der Waals surface area contributed by atoms with Crippen molar-refractivity contribution in [2.75, 3.05) is 7.11 Å². The van der Waals surface area contributed by atoms with E-state index in [1.54, 1.807) is 7.11 Å². The summed E-state index contributed by atoms with van der Waals surface area (Å²) in [6.07, 6.45) is 4.06. The second kappa shape index (κ2) is 3.13. The van der Waals surface area contributed by atoms with Crippen LogP contribution in [0.15, 0.2) is 24.4 Å². The van der Waals surface area contributed by atoms with Gasteiger partial charge in [0.25, 0.3) is 0 Å². The van der Waals surface area contributed by atoms with Gasteiger partial charge in [-0.3, -0.25) is 0 Å². The van der Waals surface area contributed by atoms with Gasteiger partial charge in [-0.05, 0) is 42.5 Å². The maximum Gasteiger partial charge on any atom is 0.119 e. The molecule has 68 valence electrons. The summed E-state index contributed by atoms with van der Waals surface area (Å²) < 4.78 is 5.18. The molecule has 0 aromatic heterocycles. The summed E-state index contributed by atoms with van der Waals surface area (Å²) in [5.41, 5.74) is 2.56. The lowest BCUT2D eigenvalue weighted by Crippen LogP contribution is -2.16. The molecule has 1 unspecified atom stereocenters. The van der Waals surface area contributed by atoms with Crippen molar-refractivity contribution in [3.63, 3.8) is 0 Å². The SMILES string of the molecule is COc1ccc2c(c1)C(C)NC=C2. The van der Waals surface area contributed by atoms with Gasteiger partial charge in [0.1, 0.15) is 5.75 Å². The van der Waals surface area contributed by atoms with Crippen LogP contribution in [0.3, 0.4) is 0 Å². The Balaban J connectivity index is 2.48. The van der Waals surface area contributed by atoms with E-state index in [1.165, 1.54) is 11.1 Å². The monoisotopic (exact) mass is 175 g/mol. The van der Waals surface area contributed by atoms with Crippen LogP contribution in [-0.2, 0) is 0 Å². The molecular weight excluding hydrogens is 162 g/mol. The maximum atomic E-state index is 5.18. The van der Waals surface area contributed by atoms with Gasteiger partial charge in [-0.2, -0.15) is 0 Å². The Morgan fingerprint density at radius 2 is 2.23 bits per heavy atom. The van der Waals surface area contributed by atoms with Crippen molar-refractivity contribution in [3.8, 4) is 5.75 Å². The predicted molar refractivity (Wildman–Crippen MR) is 53.6 cm³/mol. The normalized spacial score (nSPS) is 19.1. The smallest absolute Gasteiger partial charge is 0.119 e. The van der Waals surface area contributed by atoms with E-state index in [0.717, 1.165) is 5.75 Å². The van der Waals surface area contributed by atoms with Crippen LogP contribution >= 0.6 is 0 Å². The van der Waals surface area contributed by atoms with E-state index in [4.69, 9.17) is 4.74 Å². The highest BCUT2D eigenvalue weighted by Crippen LogP contribution is 2.26. The summed E-state index contributed by atoms with van der Waals surface area (Å²) in [4.78, 5) is 0. The van der Waals surface area contributed by atoms with Crippen LogP contribution in [-0.4, -0.2) is 7.11 Å². The Morgan fingerprint density at radius 1 is 1.38 bits per heavy atom. The Bertz CT molecular complexity index is 344. The number of hydrogen-bond donors (Lipinski definition) is 1. The van der Waals surface area contributed by atoms with Gasteiger partial charge >= 0.3 is 0 Å². The van der Waals surface area contributed by atoms with Crippen molar-refractivity contribution < 1.29 is 4.74 Å². The molecule has 0 spiro atoms. The summed E-state index contributed by atoms with van der Waals surface area (Å²) >= 11 is 0. The van der Waals surface area contributed by atoms with Crippen molar-refractivity contribution in [1.29, 1.82) is 0 Å². The van der Waals surface area contributed by atoms with Gasteiger partial charge < -0.3 is 10.1 Å². The fourth-order valence-electron chi connectivity index (χ4n) is 1.58. The predicted octanol–water partition coefficient (Wildman–Crippen LogP) is 2.33. The van der Waals surface area contributed by atoms with Gasteiger partial charge in [-0.25, -0.2) is 0 Å². The first-order chi connectivity index (χ1) is 6.31. The minimum atomic E-state index is 0.370. The molecule has 1 aromatic carbocycles. The lowest BCUT2D eigenvalue weighted by Gasteiger charge is -2.20. The van der Waals surface area contributed by atoms with Crippen LogP contribution < -0.4 is 10.1 Å². The van der Waals surface area contributed by atoms with E-state index in [0.29, 0.717) is 6.04 Å². The van der Waals surface area contributed by atoms with Gasteiger partial charge in [0.05, 0.1) is 7.11 Å². The number of rotatable bonds is 1. The number of benzene rings is 1. The molecule has 13 heavy (non-hydrogen) atoms. The average Bonchev–Trinajstić information content (AvgIpc) is 2.18. The number of methoxy groups -OCH3 is 1. The fourth-order valence-corrected chi connectivity index (χ4v) is 1.58. The Kier molecular flexibility index (Phi) is 1.97. The van der Waals surface area contributed by atoms with Gasteiger partial charge in [0.15, 0.2) is 0 Å². The molecule has 1 N–H and O–H groups in total. The van der Waals surface area contributed by atoms with Gasteiger partial charge in [-0.1, -0.05) is 6.07 Å². The van der Waals surface area contributed by atoms with Crippen LogP contribution in [0, 0.1) is 0 Å². The highest BCUT2D eigenvalue weighted by Gasteiger charge is 2.11. The van der Waals surface area contributed by atoms with Crippen LogP contribution in [0.5, 0.6) is 5.75 Å². The molecule has 0 bridgehead atoms. The van der Waals surface area contributed by atoms with Crippen LogP contribution in [0.4, 0.5) is 0 Å². The summed E-state index contributed by atoms with van der Waals surface area (Å²) in [5, 5.41) is 3.25. The van der Waals surface area contributed by atoms with Crippen molar-refractivity contribution in [2.24, 2.45) is 0 Å². The quantitative estimate of drug-likeness (QED) is 0.707. The number of nitrogens with one attached hydrogen (secondary N) is 1. The third-order valence-corrected chi connectivity index (χ3v) is 2.37. The number of fused-ring (bicyclic) bond motifs is 1. The lowest BCUT2D eigenvalue weighted by atomic mass is 9.99. The van der Waals surface area contributed by atoms with Crippen LogP contribution in [0.2, 0.25) is 0 Å². The second-order valence-electron chi connectivity index (χ2n) is 3.22. The molecule has 1 atom stereocenters. The minimum absolute atomic E-state index is 0.370. The number of hydrogen-bond acceptors (Lipinski definition) is 2. The zero-order chi connectivity index (χ0) is 9.26. The largest absolute Gasteiger partial charge is 0.497 e. The molecule has 0 saturated heterocycles. The summed E-state index contributed by atoms with van der Waals surface area (Å²) in [6.45, 7) is 2.14. The molecule has 2 heteroatoms. The summed E-state index contributed by atoms with van der Waals surface area (Å²) in [5.74, 6) is 0.919. The molecule has 0 amide bonds. The van der Waals surface area contributed by atoms with Crippen molar-refractivity contribution in [1.82, 2.24) is 5.32 Å². The van der Waals surface area contributed by atoms with E-state index in [9.17, 15) is 0 Å². The zero-order valence-electron chi connectivity index (χ0n) is 7.87. The first kappa shape index (κ1) is 8.17. The Morgan fingerprint density at radius 3 is 3.00 bits per heavy atom. The maximum absolute atomic E-state index is 5.18. The van der Waals surface area contributed by atoms with Crippen LogP contribution in [0.25, 0.3) is 6.08 Å². The topological polar surface area (TPSA) is 21.3 Å². The van der Waals surface area contributed by atoms with Crippen molar-refractivity contribution in [2.45, 2.75) is 13.0 Å². The van der Waals surface area contributed by atoms with E-state index in [-0.39, 0.29) is 0 Å². The average molecular weight is 175 g/mol.